The van der Waals surface area contributed by atoms with Crippen molar-refractivity contribution in [1.82, 2.24) is 10.6 Å². The second kappa shape index (κ2) is 8.07. The van der Waals surface area contributed by atoms with Crippen molar-refractivity contribution in [3.63, 3.8) is 0 Å². The standard InChI is InChI=1S/C18H25N3O5/c1-18(2,3)26-17(24)20-10-9-15(22)21-11-14(16(23)19-4)25-13-8-6-5-7-12(13)21/h5-8,14H,9-11H2,1-4H3,(H,19,23)(H,20,24)/t14-/m0/s1. The van der Waals surface area contributed by atoms with Crippen LogP contribution in [-0.2, 0) is 14.3 Å². The van der Waals surface area contributed by atoms with E-state index in [0.717, 1.165) is 0 Å². The first kappa shape index (κ1) is 19.6. The molecule has 0 aliphatic carbocycles. The van der Waals surface area contributed by atoms with Gasteiger partial charge in [-0.25, -0.2) is 4.79 Å². The molecule has 1 aliphatic heterocycles. The lowest BCUT2D eigenvalue weighted by Crippen LogP contribution is -2.50. The van der Waals surface area contributed by atoms with Gasteiger partial charge in [0.1, 0.15) is 11.4 Å². The second-order valence-corrected chi connectivity index (χ2v) is 6.87. The van der Waals surface area contributed by atoms with Gasteiger partial charge in [0.2, 0.25) is 5.91 Å². The van der Waals surface area contributed by atoms with E-state index in [1.165, 1.54) is 11.9 Å². The third-order valence-electron chi connectivity index (χ3n) is 3.62. The molecule has 0 bridgehead atoms. The molecule has 2 rings (SSSR count). The Kier molecular flexibility index (Phi) is 6.07. The normalized spacial score (nSPS) is 16.2. The minimum absolute atomic E-state index is 0.0774. The number of hydrogen-bond acceptors (Lipinski definition) is 5. The number of anilines is 1. The highest BCUT2D eigenvalue weighted by molar-refractivity contribution is 5.97. The maximum atomic E-state index is 12.6. The number of amides is 3. The number of nitrogens with one attached hydrogen (secondary N) is 2. The summed E-state index contributed by atoms with van der Waals surface area (Å²) in [5.74, 6) is -0.0457. The summed E-state index contributed by atoms with van der Waals surface area (Å²) in [6.07, 6.45) is -1.28. The second-order valence-electron chi connectivity index (χ2n) is 6.87. The monoisotopic (exact) mass is 363 g/mol. The van der Waals surface area contributed by atoms with Gasteiger partial charge in [-0.1, -0.05) is 12.1 Å². The Morgan fingerprint density at radius 1 is 1.27 bits per heavy atom. The lowest BCUT2D eigenvalue weighted by atomic mass is 10.1. The van der Waals surface area contributed by atoms with Crippen LogP contribution in [0.5, 0.6) is 5.75 Å². The molecule has 8 heteroatoms. The van der Waals surface area contributed by atoms with Gasteiger partial charge < -0.3 is 25.0 Å². The number of benzene rings is 1. The average Bonchev–Trinajstić information content (AvgIpc) is 2.58. The smallest absolute Gasteiger partial charge is 0.407 e. The van der Waals surface area contributed by atoms with E-state index in [9.17, 15) is 14.4 Å². The Bertz CT molecular complexity index is 684. The van der Waals surface area contributed by atoms with Crippen molar-refractivity contribution in [2.45, 2.75) is 38.9 Å². The van der Waals surface area contributed by atoms with Crippen LogP contribution in [0.1, 0.15) is 27.2 Å². The number of hydrogen-bond donors (Lipinski definition) is 2. The molecule has 1 aromatic rings. The molecular formula is C18H25N3O5. The number of ether oxygens (including phenoxy) is 2. The van der Waals surface area contributed by atoms with Crippen molar-refractivity contribution in [2.24, 2.45) is 0 Å². The zero-order valence-electron chi connectivity index (χ0n) is 15.5. The van der Waals surface area contributed by atoms with E-state index in [0.29, 0.717) is 11.4 Å². The highest BCUT2D eigenvalue weighted by atomic mass is 16.6. The lowest BCUT2D eigenvalue weighted by molar-refractivity contribution is -0.127. The third kappa shape index (κ3) is 5.11. The van der Waals surface area contributed by atoms with Crippen molar-refractivity contribution in [3.05, 3.63) is 24.3 Å². The van der Waals surface area contributed by atoms with Crippen LogP contribution in [0.15, 0.2) is 24.3 Å². The Hall–Kier alpha value is -2.77. The molecule has 0 fully saturated rings. The van der Waals surface area contributed by atoms with E-state index in [4.69, 9.17) is 9.47 Å². The molecule has 0 saturated carbocycles. The number of para-hydroxylation sites is 2. The highest BCUT2D eigenvalue weighted by Gasteiger charge is 2.33. The van der Waals surface area contributed by atoms with Crippen LogP contribution in [-0.4, -0.2) is 49.7 Å². The first-order valence-corrected chi connectivity index (χ1v) is 8.46. The molecule has 8 nitrogen and oxygen atoms in total. The number of carbonyl (C=O) groups excluding carboxylic acids is 3. The summed E-state index contributed by atoms with van der Waals surface area (Å²) in [5.41, 5.74) is 0.00718. The zero-order valence-corrected chi connectivity index (χ0v) is 15.5. The lowest BCUT2D eigenvalue weighted by Gasteiger charge is -2.34. The van der Waals surface area contributed by atoms with Crippen molar-refractivity contribution in [1.29, 1.82) is 0 Å². The molecule has 1 aromatic carbocycles. The minimum atomic E-state index is -0.780. The fraction of sp³-hybridized carbons (Fsp3) is 0.500. The van der Waals surface area contributed by atoms with Crippen LogP contribution in [0, 0.1) is 0 Å². The molecule has 1 aliphatic rings. The van der Waals surface area contributed by atoms with Crippen LogP contribution >= 0.6 is 0 Å². The SMILES string of the molecule is CNC(=O)[C@@H]1CN(C(=O)CCNC(=O)OC(C)(C)C)c2ccccc2O1. The summed E-state index contributed by atoms with van der Waals surface area (Å²) in [7, 11) is 1.52. The van der Waals surface area contributed by atoms with Gasteiger partial charge in [0.15, 0.2) is 6.10 Å². The molecule has 142 valence electrons. The quantitative estimate of drug-likeness (QED) is 0.844. The summed E-state index contributed by atoms with van der Waals surface area (Å²) >= 11 is 0. The molecule has 0 spiro atoms. The molecule has 26 heavy (non-hydrogen) atoms. The predicted molar refractivity (Wildman–Crippen MR) is 96.1 cm³/mol. The highest BCUT2D eigenvalue weighted by Crippen LogP contribution is 2.33. The van der Waals surface area contributed by atoms with Crippen LogP contribution in [0.4, 0.5) is 10.5 Å². The molecular weight excluding hydrogens is 338 g/mol. The van der Waals surface area contributed by atoms with Gasteiger partial charge in [0.05, 0.1) is 12.2 Å². The maximum absolute atomic E-state index is 12.6. The van der Waals surface area contributed by atoms with E-state index >= 15 is 0 Å². The van der Waals surface area contributed by atoms with Crippen molar-refractivity contribution < 1.29 is 23.9 Å². The Morgan fingerprint density at radius 3 is 2.62 bits per heavy atom. The Morgan fingerprint density at radius 2 is 1.96 bits per heavy atom. The van der Waals surface area contributed by atoms with E-state index < -0.39 is 17.8 Å². The predicted octanol–water partition coefficient (Wildman–Crippen LogP) is 1.44. The molecule has 0 aromatic heterocycles. The first-order valence-electron chi connectivity index (χ1n) is 8.46. The van der Waals surface area contributed by atoms with Crippen LogP contribution in [0.25, 0.3) is 0 Å². The number of carbonyl (C=O) groups is 3. The summed E-state index contributed by atoms with van der Waals surface area (Å²) in [5, 5.41) is 5.09. The van der Waals surface area contributed by atoms with Gasteiger partial charge in [-0.3, -0.25) is 9.59 Å². The molecule has 0 unspecified atom stereocenters. The summed E-state index contributed by atoms with van der Waals surface area (Å²) in [6, 6.07) is 7.04. The van der Waals surface area contributed by atoms with Gasteiger partial charge in [0, 0.05) is 20.0 Å². The largest absolute Gasteiger partial charge is 0.477 e. The zero-order chi connectivity index (χ0) is 19.3. The third-order valence-corrected chi connectivity index (χ3v) is 3.62. The van der Waals surface area contributed by atoms with Gasteiger partial charge in [-0.2, -0.15) is 0 Å². The van der Waals surface area contributed by atoms with Crippen LogP contribution in [0.3, 0.4) is 0 Å². The molecule has 0 radical (unpaired) electrons. The molecule has 0 saturated heterocycles. The number of fused-ring (bicyclic) bond motifs is 1. The fourth-order valence-electron chi connectivity index (χ4n) is 2.49. The molecule has 1 atom stereocenters. The Labute approximate surface area is 152 Å². The number of rotatable bonds is 4. The minimum Gasteiger partial charge on any atom is -0.477 e. The van der Waals surface area contributed by atoms with Gasteiger partial charge >= 0.3 is 6.09 Å². The summed E-state index contributed by atoms with van der Waals surface area (Å²) < 4.78 is 10.8. The molecule has 2 N–H and O–H groups in total. The van der Waals surface area contributed by atoms with Crippen molar-refractivity contribution in [3.8, 4) is 5.75 Å². The van der Waals surface area contributed by atoms with Crippen molar-refractivity contribution in [2.75, 3.05) is 25.0 Å². The first-order chi connectivity index (χ1) is 12.2. The molecule has 1 heterocycles. The Balaban J connectivity index is 2.00. The van der Waals surface area contributed by atoms with E-state index in [-0.39, 0.29) is 31.3 Å². The summed E-state index contributed by atoms with van der Waals surface area (Å²) in [4.78, 5) is 37.7. The summed E-state index contributed by atoms with van der Waals surface area (Å²) in [6.45, 7) is 5.55. The van der Waals surface area contributed by atoms with Gasteiger partial charge in [-0.05, 0) is 32.9 Å². The maximum Gasteiger partial charge on any atom is 0.407 e. The van der Waals surface area contributed by atoms with E-state index in [1.54, 1.807) is 45.0 Å². The number of alkyl carbamates (subject to hydrolysis) is 1. The number of nitrogens with zero attached hydrogens (tertiary/aromatic N) is 1. The van der Waals surface area contributed by atoms with Gasteiger partial charge in [-0.15, -0.1) is 0 Å². The van der Waals surface area contributed by atoms with Crippen LogP contribution < -0.4 is 20.3 Å². The number of likely N-dealkylation sites (N-methyl/N-ethyl adjacent to an activating group) is 1. The van der Waals surface area contributed by atoms with E-state index in [2.05, 4.69) is 10.6 Å². The van der Waals surface area contributed by atoms with Crippen LogP contribution in [0.2, 0.25) is 0 Å². The van der Waals surface area contributed by atoms with Crippen molar-refractivity contribution >= 4 is 23.6 Å². The van der Waals surface area contributed by atoms with E-state index in [1.807, 2.05) is 0 Å². The van der Waals surface area contributed by atoms with Gasteiger partial charge in [0.25, 0.3) is 5.91 Å². The topological polar surface area (TPSA) is 97.0 Å². The fourth-order valence-corrected chi connectivity index (χ4v) is 2.49. The molecule has 3 amide bonds. The average molecular weight is 363 g/mol.